The van der Waals surface area contributed by atoms with E-state index >= 15 is 0 Å². The van der Waals surface area contributed by atoms with E-state index in [4.69, 9.17) is 0 Å². The summed E-state index contributed by atoms with van der Waals surface area (Å²) in [4.78, 5) is 2.73. The molecular formula is C51H53N. The second-order valence-corrected chi connectivity index (χ2v) is 19.6. The van der Waals surface area contributed by atoms with Gasteiger partial charge in [-0.1, -0.05) is 120 Å². The fraction of sp³-hybridized carbons (Fsp3) is 0.412. The maximum Gasteiger partial charge on any atom is 0.0543 e. The SMILES string of the molecule is CC1(C)CCC(C)(C)c2c(N(c3ccc4c(c3)C3(c5ccccc5-4)C4CC5CC(C4)CC3C5)c3cccc4c3-c3ccccc3C4(C)C)cccc21. The zero-order chi connectivity index (χ0) is 35.4. The molecule has 0 heterocycles. The van der Waals surface area contributed by atoms with Crippen molar-refractivity contribution < 1.29 is 0 Å². The van der Waals surface area contributed by atoms with Crippen LogP contribution in [0.25, 0.3) is 22.3 Å². The molecule has 4 saturated carbocycles. The highest BCUT2D eigenvalue weighted by Crippen LogP contribution is 2.70. The second kappa shape index (κ2) is 10.3. The summed E-state index contributed by atoms with van der Waals surface area (Å²) < 4.78 is 0. The van der Waals surface area contributed by atoms with E-state index in [1.165, 1.54) is 107 Å². The Hall–Kier alpha value is -4.10. The predicted octanol–water partition coefficient (Wildman–Crippen LogP) is 13.5. The first-order valence-electron chi connectivity index (χ1n) is 20.4. The van der Waals surface area contributed by atoms with E-state index in [0.29, 0.717) is 0 Å². The maximum atomic E-state index is 2.73. The summed E-state index contributed by atoms with van der Waals surface area (Å²) in [5, 5.41) is 0. The van der Waals surface area contributed by atoms with E-state index in [1.54, 1.807) is 11.1 Å². The molecule has 0 N–H and O–H groups in total. The summed E-state index contributed by atoms with van der Waals surface area (Å²) in [6.07, 6.45) is 9.50. The molecule has 1 heteroatoms. The molecule has 0 saturated heterocycles. The lowest BCUT2D eigenvalue weighted by Crippen LogP contribution is -2.55. The molecule has 52 heavy (non-hydrogen) atoms. The van der Waals surface area contributed by atoms with Crippen LogP contribution in [-0.2, 0) is 21.7 Å². The molecule has 0 unspecified atom stereocenters. The van der Waals surface area contributed by atoms with Gasteiger partial charge in [-0.05, 0) is 154 Å². The molecule has 5 aromatic rings. The zero-order valence-electron chi connectivity index (χ0n) is 32.0. The summed E-state index contributed by atoms with van der Waals surface area (Å²) in [7, 11) is 0. The van der Waals surface area contributed by atoms with Gasteiger partial charge in [0.2, 0.25) is 0 Å². The number of hydrogen-bond donors (Lipinski definition) is 0. The van der Waals surface area contributed by atoms with Crippen molar-refractivity contribution in [2.24, 2.45) is 23.7 Å². The van der Waals surface area contributed by atoms with Crippen molar-refractivity contribution in [3.8, 4) is 22.3 Å². The minimum atomic E-state index is -0.0605. The molecule has 262 valence electrons. The highest BCUT2D eigenvalue weighted by atomic mass is 15.2. The van der Waals surface area contributed by atoms with Gasteiger partial charge in [0.15, 0.2) is 0 Å². The van der Waals surface area contributed by atoms with E-state index < -0.39 is 0 Å². The Kier molecular flexibility index (Phi) is 6.23. The van der Waals surface area contributed by atoms with Crippen LogP contribution in [0.3, 0.4) is 0 Å². The van der Waals surface area contributed by atoms with Gasteiger partial charge in [-0.2, -0.15) is 0 Å². The third kappa shape index (κ3) is 3.91. The molecule has 4 bridgehead atoms. The fourth-order valence-electron chi connectivity index (χ4n) is 13.5. The third-order valence-electron chi connectivity index (χ3n) is 15.7. The summed E-state index contributed by atoms with van der Waals surface area (Å²) >= 11 is 0. The number of fused-ring (bicyclic) bond motifs is 7. The molecule has 5 aromatic carbocycles. The van der Waals surface area contributed by atoms with Gasteiger partial charge in [0.05, 0.1) is 11.4 Å². The molecule has 7 aliphatic rings. The average molecular weight is 680 g/mol. The normalized spacial score (nSPS) is 28.6. The van der Waals surface area contributed by atoms with Crippen molar-refractivity contribution in [1.29, 1.82) is 0 Å². The van der Waals surface area contributed by atoms with Gasteiger partial charge in [0.25, 0.3) is 0 Å². The molecule has 0 atom stereocenters. The fourth-order valence-corrected chi connectivity index (χ4v) is 13.5. The van der Waals surface area contributed by atoms with E-state index in [0.717, 1.165) is 23.7 Å². The first kappa shape index (κ1) is 31.4. The number of rotatable bonds is 3. The average Bonchev–Trinajstić information content (AvgIpc) is 3.55. The van der Waals surface area contributed by atoms with Gasteiger partial charge >= 0.3 is 0 Å². The molecule has 0 amide bonds. The first-order valence-corrected chi connectivity index (χ1v) is 20.4. The van der Waals surface area contributed by atoms with Crippen LogP contribution in [0.5, 0.6) is 0 Å². The molecular weight excluding hydrogens is 627 g/mol. The van der Waals surface area contributed by atoms with Crippen molar-refractivity contribution in [1.82, 2.24) is 0 Å². The van der Waals surface area contributed by atoms with E-state index in [2.05, 4.69) is 150 Å². The number of benzene rings is 5. The molecule has 1 spiro atoms. The van der Waals surface area contributed by atoms with Crippen LogP contribution in [-0.4, -0.2) is 0 Å². The smallest absolute Gasteiger partial charge is 0.0543 e. The minimum absolute atomic E-state index is 0.0600. The largest absolute Gasteiger partial charge is 0.310 e. The lowest BCUT2D eigenvalue weighted by Gasteiger charge is -2.61. The summed E-state index contributed by atoms with van der Waals surface area (Å²) in [6, 6.07) is 40.9. The van der Waals surface area contributed by atoms with Crippen molar-refractivity contribution in [3.63, 3.8) is 0 Å². The Balaban J connectivity index is 1.21. The highest BCUT2D eigenvalue weighted by molar-refractivity contribution is 5.96. The summed E-state index contributed by atoms with van der Waals surface area (Å²) in [5.41, 5.74) is 19.2. The Morgan fingerprint density at radius 3 is 1.79 bits per heavy atom. The van der Waals surface area contributed by atoms with Crippen LogP contribution in [0.2, 0.25) is 0 Å². The topological polar surface area (TPSA) is 3.24 Å². The Morgan fingerprint density at radius 2 is 1.06 bits per heavy atom. The van der Waals surface area contributed by atoms with Crippen molar-refractivity contribution in [3.05, 3.63) is 137 Å². The predicted molar refractivity (Wildman–Crippen MR) is 217 cm³/mol. The van der Waals surface area contributed by atoms with Gasteiger partial charge < -0.3 is 4.90 Å². The second-order valence-electron chi connectivity index (χ2n) is 19.6. The van der Waals surface area contributed by atoms with Crippen LogP contribution in [0.4, 0.5) is 17.1 Å². The van der Waals surface area contributed by atoms with Gasteiger partial charge in [-0.15, -0.1) is 0 Å². The number of anilines is 3. The maximum absolute atomic E-state index is 2.73. The van der Waals surface area contributed by atoms with E-state index in [9.17, 15) is 0 Å². The lowest BCUT2D eigenvalue weighted by atomic mass is 9.43. The van der Waals surface area contributed by atoms with Gasteiger partial charge in [-0.25, -0.2) is 0 Å². The quantitative estimate of drug-likeness (QED) is 0.183. The summed E-state index contributed by atoms with van der Waals surface area (Å²) in [6.45, 7) is 14.8. The summed E-state index contributed by atoms with van der Waals surface area (Å²) in [5.74, 6) is 3.35. The van der Waals surface area contributed by atoms with Crippen LogP contribution in [0.15, 0.2) is 103 Å². The van der Waals surface area contributed by atoms with Gasteiger partial charge in [0, 0.05) is 22.1 Å². The first-order chi connectivity index (χ1) is 25.0. The van der Waals surface area contributed by atoms with Gasteiger partial charge in [0.1, 0.15) is 0 Å². The highest BCUT2D eigenvalue weighted by Gasteiger charge is 2.61. The molecule has 0 aliphatic heterocycles. The van der Waals surface area contributed by atoms with Gasteiger partial charge in [-0.3, -0.25) is 0 Å². The molecule has 0 radical (unpaired) electrons. The van der Waals surface area contributed by atoms with E-state index in [1.807, 2.05) is 0 Å². The standard InChI is InChI=1S/C51H53N/c1-48(2)23-24-49(3,4)47-42(48)18-12-20-45(47)52(44-19-11-17-41-46(44)38-14-8-9-15-39(38)50(41,5)6)35-21-22-37-36-13-7-10-16-40(36)51(43(37)30-35)33-26-31-25-32(28-33)29-34(51)27-31/h7-22,30-34H,23-29H2,1-6H3. The number of nitrogens with zero attached hydrogens (tertiary/aromatic N) is 1. The Bertz CT molecular complexity index is 2290. The van der Waals surface area contributed by atoms with Crippen LogP contribution in [0.1, 0.15) is 120 Å². The molecule has 1 nitrogen and oxygen atoms in total. The molecule has 0 aromatic heterocycles. The van der Waals surface area contributed by atoms with Crippen LogP contribution >= 0.6 is 0 Å². The zero-order valence-corrected chi connectivity index (χ0v) is 32.0. The monoisotopic (exact) mass is 679 g/mol. The Labute approximate surface area is 311 Å². The van der Waals surface area contributed by atoms with Crippen LogP contribution in [0, 0.1) is 23.7 Å². The Morgan fingerprint density at radius 1 is 0.481 bits per heavy atom. The lowest BCUT2D eigenvalue weighted by molar-refractivity contribution is -0.0399. The molecule has 4 fully saturated rings. The van der Waals surface area contributed by atoms with Crippen molar-refractivity contribution in [2.45, 2.75) is 108 Å². The minimum Gasteiger partial charge on any atom is -0.310 e. The van der Waals surface area contributed by atoms with Crippen molar-refractivity contribution in [2.75, 3.05) is 4.90 Å². The third-order valence-corrected chi connectivity index (χ3v) is 15.7. The molecule has 12 rings (SSSR count). The molecule has 7 aliphatic carbocycles. The van der Waals surface area contributed by atoms with Crippen molar-refractivity contribution >= 4 is 17.1 Å². The van der Waals surface area contributed by atoms with E-state index in [-0.39, 0.29) is 21.7 Å². The van der Waals surface area contributed by atoms with Crippen LogP contribution < -0.4 is 4.90 Å². The number of hydrogen-bond acceptors (Lipinski definition) is 1.